The summed E-state index contributed by atoms with van der Waals surface area (Å²) in [7, 11) is 0. The number of aromatic hydroxyl groups is 1. The van der Waals surface area contributed by atoms with Gasteiger partial charge in [0.25, 0.3) is 5.91 Å². The number of rotatable bonds is 5. The van der Waals surface area contributed by atoms with Crippen LogP contribution >= 0.6 is 0 Å². The maximum atomic E-state index is 13.6. The van der Waals surface area contributed by atoms with E-state index in [0.29, 0.717) is 23.5 Å². The molecule has 5 atom stereocenters. The molecule has 35 heavy (non-hydrogen) atoms. The summed E-state index contributed by atoms with van der Waals surface area (Å²) in [4.78, 5) is 37.9. The van der Waals surface area contributed by atoms with Gasteiger partial charge in [-0.25, -0.2) is 0 Å². The summed E-state index contributed by atoms with van der Waals surface area (Å²) in [6.07, 6.45) is 0.185. The molecule has 0 aromatic heterocycles. The van der Waals surface area contributed by atoms with E-state index in [-0.39, 0.29) is 16.9 Å². The van der Waals surface area contributed by atoms with Crippen molar-refractivity contribution in [1.82, 2.24) is 0 Å². The predicted octanol–water partition coefficient (Wildman–Crippen LogP) is 1.93. The van der Waals surface area contributed by atoms with E-state index in [1.165, 1.54) is 0 Å². The van der Waals surface area contributed by atoms with Crippen molar-refractivity contribution in [2.75, 3.05) is 0 Å². The van der Waals surface area contributed by atoms with E-state index in [0.717, 1.165) is 12.8 Å². The predicted molar refractivity (Wildman–Crippen MR) is 125 cm³/mol. The van der Waals surface area contributed by atoms with Gasteiger partial charge in [0, 0.05) is 23.8 Å². The van der Waals surface area contributed by atoms with E-state index >= 15 is 0 Å². The molecular weight excluding hydrogens is 454 g/mol. The Labute approximate surface area is 202 Å². The molecule has 1 aromatic rings. The highest BCUT2D eigenvalue weighted by atomic mass is 16.4. The van der Waals surface area contributed by atoms with Crippen molar-refractivity contribution < 1.29 is 39.9 Å². The van der Waals surface area contributed by atoms with Gasteiger partial charge in [-0.2, -0.15) is 0 Å². The number of carbonyl (C=O) groups excluding carboxylic acids is 3. The maximum absolute atomic E-state index is 13.6. The van der Waals surface area contributed by atoms with Crippen LogP contribution in [0, 0.1) is 17.8 Å². The van der Waals surface area contributed by atoms with Crippen LogP contribution in [-0.2, 0) is 20.8 Å². The second-order valence-corrected chi connectivity index (χ2v) is 10.3. The summed E-state index contributed by atoms with van der Waals surface area (Å²) in [6.45, 7) is 5.90. The fraction of sp³-hybridized carbons (Fsp3) is 0.500. The minimum Gasteiger partial charge on any atom is -0.508 e. The van der Waals surface area contributed by atoms with Crippen LogP contribution in [0.4, 0.5) is 0 Å². The van der Waals surface area contributed by atoms with Gasteiger partial charge in [0.05, 0.1) is 11.7 Å². The van der Waals surface area contributed by atoms with Gasteiger partial charge in [0.2, 0.25) is 5.78 Å². The average Bonchev–Trinajstić information content (AvgIpc) is 2.77. The number of aryl methyl sites for hydroxylation is 1. The first-order chi connectivity index (χ1) is 16.3. The molecule has 1 amide bonds. The number of ketones is 2. The molecule has 9 nitrogen and oxygen atoms in total. The van der Waals surface area contributed by atoms with Crippen LogP contribution in [0.3, 0.4) is 0 Å². The fourth-order valence-corrected chi connectivity index (χ4v) is 5.94. The molecule has 0 radical (unpaired) electrons. The molecule has 9 heteroatoms. The second-order valence-electron chi connectivity index (χ2n) is 10.3. The van der Waals surface area contributed by atoms with Crippen LogP contribution in [0.25, 0.3) is 5.76 Å². The average molecular weight is 486 g/mol. The number of phenolic OH excluding ortho intramolecular Hbond substituents is 1. The first-order valence-corrected chi connectivity index (χ1v) is 11.8. The highest BCUT2D eigenvalue weighted by Crippen LogP contribution is 2.55. The van der Waals surface area contributed by atoms with Gasteiger partial charge in [-0.15, -0.1) is 0 Å². The Morgan fingerprint density at radius 1 is 1.20 bits per heavy atom. The largest absolute Gasteiger partial charge is 0.508 e. The van der Waals surface area contributed by atoms with E-state index in [4.69, 9.17) is 5.73 Å². The Bertz CT molecular complexity index is 1200. The monoisotopic (exact) mass is 485 g/mol. The summed E-state index contributed by atoms with van der Waals surface area (Å²) in [5.41, 5.74) is 2.25. The summed E-state index contributed by atoms with van der Waals surface area (Å²) in [6, 6.07) is 3.50. The van der Waals surface area contributed by atoms with Gasteiger partial charge >= 0.3 is 0 Å². The third kappa shape index (κ3) is 3.48. The molecule has 0 saturated heterocycles. The molecule has 3 aliphatic carbocycles. The number of aliphatic hydroxyl groups is 4. The van der Waals surface area contributed by atoms with Crippen molar-refractivity contribution >= 4 is 23.2 Å². The Balaban J connectivity index is 1.88. The smallest absolute Gasteiger partial charge is 0.255 e. The number of amides is 1. The summed E-state index contributed by atoms with van der Waals surface area (Å²) < 4.78 is 0. The number of primary amides is 1. The molecule has 7 N–H and O–H groups in total. The number of Topliss-reactive ketones (excluding diaryl/α,β-unsaturated/α-hetero) is 2. The van der Waals surface area contributed by atoms with Crippen LogP contribution in [0.5, 0.6) is 5.75 Å². The molecule has 0 aliphatic heterocycles. The van der Waals surface area contributed by atoms with Crippen LogP contribution in [0.1, 0.15) is 62.6 Å². The zero-order chi connectivity index (χ0) is 26.0. The van der Waals surface area contributed by atoms with Gasteiger partial charge in [-0.1, -0.05) is 39.3 Å². The van der Waals surface area contributed by atoms with Crippen molar-refractivity contribution in [2.24, 2.45) is 23.5 Å². The van der Waals surface area contributed by atoms with E-state index in [2.05, 4.69) is 13.8 Å². The third-order valence-corrected chi connectivity index (χ3v) is 7.81. The van der Waals surface area contributed by atoms with Crippen molar-refractivity contribution in [2.45, 2.75) is 64.1 Å². The number of carbonyl (C=O) groups is 3. The number of aliphatic hydroxyl groups excluding tert-OH is 3. The molecule has 0 spiro atoms. The molecule has 1 fully saturated rings. The van der Waals surface area contributed by atoms with E-state index < -0.39 is 70.4 Å². The minimum absolute atomic E-state index is 0.0406. The number of benzene rings is 1. The highest BCUT2D eigenvalue weighted by Gasteiger charge is 2.64. The molecule has 4 rings (SSSR count). The standard InChI is InChI=1S/C26H31NO8/c1-10(2)5-4-6-12-7-8-13-11(3)16-19(22(31)17(13)20(12)29)24(33)26(35)14(21(16)30)9-15(28)18(23(26)32)25(27)34/h7-8,10-11,14,16,21,29-32,35H,4-6,9H2,1-3H3,(H2,27,34)/t11-,14+,16+,21+,26+/m0/s1. The van der Waals surface area contributed by atoms with Crippen molar-refractivity contribution in [3.05, 3.63) is 45.7 Å². The van der Waals surface area contributed by atoms with Crippen LogP contribution in [0.2, 0.25) is 0 Å². The Hall–Kier alpha value is -3.17. The first-order valence-electron chi connectivity index (χ1n) is 11.8. The molecule has 188 valence electrons. The molecule has 1 aromatic carbocycles. The lowest BCUT2D eigenvalue weighted by Crippen LogP contribution is -2.63. The second kappa shape index (κ2) is 8.49. The molecule has 0 heterocycles. The molecule has 3 aliphatic rings. The number of hydrogen-bond donors (Lipinski definition) is 6. The maximum Gasteiger partial charge on any atom is 0.255 e. The Morgan fingerprint density at radius 3 is 2.46 bits per heavy atom. The number of nitrogens with two attached hydrogens (primary N) is 1. The van der Waals surface area contributed by atoms with E-state index in [1.807, 2.05) is 0 Å². The van der Waals surface area contributed by atoms with Gasteiger partial charge in [0.15, 0.2) is 11.4 Å². The van der Waals surface area contributed by atoms with Gasteiger partial charge < -0.3 is 31.3 Å². The Morgan fingerprint density at radius 2 is 1.86 bits per heavy atom. The molecule has 1 saturated carbocycles. The minimum atomic E-state index is -2.82. The topological polar surface area (TPSA) is 178 Å². The molecule has 0 bridgehead atoms. The normalized spacial score (nSPS) is 30.3. The van der Waals surface area contributed by atoms with E-state index in [1.54, 1.807) is 19.1 Å². The number of hydrogen-bond acceptors (Lipinski definition) is 8. The lowest BCUT2D eigenvalue weighted by Gasteiger charge is -2.50. The van der Waals surface area contributed by atoms with E-state index in [9.17, 15) is 39.9 Å². The SMILES string of the molecule is CC(C)CCCc1ccc2c(c1O)C(O)=C1C(=O)[C@]3(O)C(O)=C(C(N)=O)C(=O)C[C@@H]3[C@@H](O)[C@@H]1[C@H]2C. The molecule has 0 unspecified atom stereocenters. The van der Waals surface area contributed by atoms with Crippen molar-refractivity contribution in [1.29, 1.82) is 0 Å². The third-order valence-electron chi connectivity index (χ3n) is 7.81. The Kier molecular flexibility index (Phi) is 6.05. The zero-order valence-electron chi connectivity index (χ0n) is 19.9. The molecular formula is C26H31NO8. The number of fused-ring (bicyclic) bond motifs is 3. The highest BCUT2D eigenvalue weighted by molar-refractivity contribution is 6.23. The van der Waals surface area contributed by atoms with Gasteiger partial charge in [0.1, 0.15) is 22.8 Å². The van der Waals surface area contributed by atoms with Crippen LogP contribution in [0.15, 0.2) is 29.0 Å². The van der Waals surface area contributed by atoms with Crippen molar-refractivity contribution in [3.8, 4) is 5.75 Å². The quantitative estimate of drug-likeness (QED) is 0.342. The number of phenols is 1. The summed E-state index contributed by atoms with van der Waals surface area (Å²) >= 11 is 0. The summed E-state index contributed by atoms with van der Waals surface area (Å²) in [5, 5.41) is 55.5. The van der Waals surface area contributed by atoms with Gasteiger partial charge in [-0.05, 0) is 35.8 Å². The van der Waals surface area contributed by atoms with Crippen molar-refractivity contribution in [3.63, 3.8) is 0 Å². The van der Waals surface area contributed by atoms with Crippen LogP contribution in [-0.4, -0.2) is 54.7 Å². The van der Waals surface area contributed by atoms with Gasteiger partial charge in [-0.3, -0.25) is 14.4 Å². The lowest BCUT2D eigenvalue weighted by atomic mass is 9.55. The summed E-state index contributed by atoms with van der Waals surface area (Å²) in [5.74, 6) is -7.90. The zero-order valence-corrected chi connectivity index (χ0v) is 19.9. The van der Waals surface area contributed by atoms with Crippen LogP contribution < -0.4 is 5.73 Å². The fourth-order valence-electron chi connectivity index (χ4n) is 5.94. The first kappa shape index (κ1) is 24.9. The lowest BCUT2D eigenvalue weighted by molar-refractivity contribution is -0.160.